The van der Waals surface area contributed by atoms with E-state index in [2.05, 4.69) is 32.1 Å². The Bertz CT molecular complexity index is 771. The van der Waals surface area contributed by atoms with E-state index in [1.165, 1.54) is 5.56 Å². The minimum Gasteiger partial charge on any atom is -0.346 e. The first kappa shape index (κ1) is 19.6. The normalized spacial score (nSPS) is 13.0. The van der Waals surface area contributed by atoms with E-state index in [0.717, 1.165) is 17.1 Å². The summed E-state index contributed by atoms with van der Waals surface area (Å²) < 4.78 is 1.95. The molecule has 0 bridgehead atoms. The Morgan fingerprint density at radius 1 is 1.40 bits per heavy atom. The van der Waals surface area contributed by atoms with E-state index in [0.29, 0.717) is 6.42 Å². The molecule has 5 nitrogen and oxygen atoms in total. The third-order valence-electron chi connectivity index (χ3n) is 3.80. The van der Waals surface area contributed by atoms with Gasteiger partial charge in [-0.15, -0.1) is 23.7 Å². The maximum absolute atomic E-state index is 12.5. The van der Waals surface area contributed by atoms with E-state index in [-0.39, 0.29) is 30.4 Å². The first-order chi connectivity index (χ1) is 11.6. The van der Waals surface area contributed by atoms with Crippen molar-refractivity contribution in [3.63, 3.8) is 0 Å². The van der Waals surface area contributed by atoms with Crippen LogP contribution in [-0.2, 0) is 11.2 Å². The van der Waals surface area contributed by atoms with Crippen LogP contribution in [0.15, 0.2) is 40.9 Å². The molecule has 0 aromatic carbocycles. The van der Waals surface area contributed by atoms with Gasteiger partial charge in [-0.05, 0) is 36.2 Å². The van der Waals surface area contributed by atoms with Gasteiger partial charge in [0.05, 0.1) is 12.4 Å². The highest BCUT2D eigenvalue weighted by atomic mass is 35.5. The van der Waals surface area contributed by atoms with Crippen LogP contribution in [-0.4, -0.2) is 20.4 Å². The summed E-state index contributed by atoms with van der Waals surface area (Å²) >= 11 is 3.27. The second kappa shape index (κ2) is 9.12. The van der Waals surface area contributed by atoms with E-state index in [4.69, 9.17) is 0 Å². The van der Waals surface area contributed by atoms with E-state index < -0.39 is 0 Å². The molecule has 0 aliphatic heterocycles. The van der Waals surface area contributed by atoms with Crippen LogP contribution in [0.3, 0.4) is 0 Å². The van der Waals surface area contributed by atoms with Crippen LogP contribution in [0, 0.1) is 6.92 Å². The van der Waals surface area contributed by atoms with Gasteiger partial charge in [0.15, 0.2) is 0 Å². The van der Waals surface area contributed by atoms with Crippen molar-refractivity contribution in [1.29, 1.82) is 0 Å². The Hall–Kier alpha value is -1.70. The molecule has 1 amide bonds. The summed E-state index contributed by atoms with van der Waals surface area (Å²) in [4.78, 5) is 21.1. The Labute approximate surface area is 161 Å². The molecule has 0 radical (unpaired) electrons. The monoisotopic (exact) mass is 396 g/mol. The number of carbonyl (C=O) groups is 1. The lowest BCUT2D eigenvalue weighted by Gasteiger charge is -2.18. The van der Waals surface area contributed by atoms with Crippen LogP contribution in [0.4, 0.5) is 0 Å². The number of imidazole rings is 1. The molecule has 25 heavy (non-hydrogen) atoms. The number of rotatable bonds is 7. The SMILES string of the molecule is Cc1csc(C(Cc2ccsc2)NC(=O)CC(C)n2ccnc2)n1.Cl. The van der Waals surface area contributed by atoms with Gasteiger partial charge in [0.25, 0.3) is 0 Å². The Balaban J connectivity index is 0.00000225. The first-order valence-corrected chi connectivity index (χ1v) is 9.64. The molecule has 2 atom stereocenters. The molecule has 0 spiro atoms. The van der Waals surface area contributed by atoms with E-state index >= 15 is 0 Å². The number of nitrogens with one attached hydrogen (secondary N) is 1. The Morgan fingerprint density at radius 2 is 2.24 bits per heavy atom. The van der Waals surface area contributed by atoms with E-state index in [1.54, 1.807) is 35.2 Å². The van der Waals surface area contributed by atoms with Crippen molar-refractivity contribution < 1.29 is 4.79 Å². The Morgan fingerprint density at radius 3 is 2.84 bits per heavy atom. The van der Waals surface area contributed by atoms with Crippen molar-refractivity contribution in [3.05, 3.63) is 57.2 Å². The van der Waals surface area contributed by atoms with Gasteiger partial charge in [-0.25, -0.2) is 9.97 Å². The van der Waals surface area contributed by atoms with Crippen molar-refractivity contribution >= 4 is 41.0 Å². The highest BCUT2D eigenvalue weighted by Gasteiger charge is 2.20. The van der Waals surface area contributed by atoms with Crippen LogP contribution in [0.25, 0.3) is 0 Å². The maximum Gasteiger partial charge on any atom is 0.222 e. The van der Waals surface area contributed by atoms with Crippen molar-refractivity contribution in [2.24, 2.45) is 0 Å². The number of halogens is 1. The molecule has 0 saturated heterocycles. The summed E-state index contributed by atoms with van der Waals surface area (Å²) in [5, 5.41) is 10.3. The Kier molecular flexibility index (Phi) is 7.16. The highest BCUT2D eigenvalue weighted by Crippen LogP contribution is 2.24. The number of amides is 1. The predicted molar refractivity (Wildman–Crippen MR) is 105 cm³/mol. The number of hydrogen-bond donors (Lipinski definition) is 1. The molecule has 2 unspecified atom stereocenters. The fourth-order valence-corrected chi connectivity index (χ4v) is 4.06. The zero-order valence-corrected chi connectivity index (χ0v) is 16.5. The van der Waals surface area contributed by atoms with Gasteiger partial charge < -0.3 is 9.88 Å². The molecule has 8 heteroatoms. The molecule has 0 saturated carbocycles. The smallest absolute Gasteiger partial charge is 0.222 e. The number of aromatic nitrogens is 3. The second-order valence-corrected chi connectivity index (χ2v) is 7.52. The number of thiazole rings is 1. The molecule has 0 aliphatic carbocycles. The summed E-state index contributed by atoms with van der Waals surface area (Å²) in [7, 11) is 0. The van der Waals surface area contributed by atoms with Crippen LogP contribution in [0.2, 0.25) is 0 Å². The fourth-order valence-electron chi connectivity index (χ4n) is 2.53. The van der Waals surface area contributed by atoms with Gasteiger partial charge in [0.2, 0.25) is 5.91 Å². The highest BCUT2D eigenvalue weighted by molar-refractivity contribution is 7.09. The van der Waals surface area contributed by atoms with Gasteiger partial charge in [-0.2, -0.15) is 11.3 Å². The number of nitrogens with zero attached hydrogens (tertiary/aromatic N) is 3. The summed E-state index contributed by atoms with van der Waals surface area (Å²) in [6.45, 7) is 3.99. The van der Waals surface area contributed by atoms with Crippen LogP contribution in [0.5, 0.6) is 0 Å². The van der Waals surface area contributed by atoms with E-state index in [1.807, 2.05) is 30.0 Å². The lowest BCUT2D eigenvalue weighted by molar-refractivity contribution is -0.122. The van der Waals surface area contributed by atoms with Crippen LogP contribution < -0.4 is 5.32 Å². The van der Waals surface area contributed by atoms with Gasteiger partial charge >= 0.3 is 0 Å². The first-order valence-electron chi connectivity index (χ1n) is 7.81. The van der Waals surface area contributed by atoms with Gasteiger partial charge in [-0.3, -0.25) is 4.79 Å². The summed E-state index contributed by atoms with van der Waals surface area (Å²) in [5.74, 6) is 0.0317. The largest absolute Gasteiger partial charge is 0.346 e. The van der Waals surface area contributed by atoms with Crippen LogP contribution in [0.1, 0.15) is 41.7 Å². The topological polar surface area (TPSA) is 59.8 Å². The number of carbonyl (C=O) groups excluding carboxylic acids is 1. The summed E-state index contributed by atoms with van der Waals surface area (Å²) in [6, 6.07) is 2.09. The lowest BCUT2D eigenvalue weighted by Crippen LogP contribution is -2.31. The molecule has 3 heterocycles. The van der Waals surface area contributed by atoms with E-state index in [9.17, 15) is 4.79 Å². The summed E-state index contributed by atoms with van der Waals surface area (Å²) in [6.07, 6.45) is 6.53. The molecular formula is C17H21ClN4OS2. The van der Waals surface area contributed by atoms with Gasteiger partial charge in [-0.1, -0.05) is 0 Å². The molecule has 134 valence electrons. The molecule has 3 aromatic rings. The number of thiophene rings is 1. The third kappa shape index (κ3) is 5.39. The average Bonchev–Trinajstić information content (AvgIpc) is 3.29. The maximum atomic E-state index is 12.5. The third-order valence-corrected chi connectivity index (χ3v) is 5.61. The van der Waals surface area contributed by atoms with Crippen molar-refractivity contribution in [1.82, 2.24) is 19.9 Å². The zero-order chi connectivity index (χ0) is 16.9. The van der Waals surface area contributed by atoms with Crippen molar-refractivity contribution in [3.8, 4) is 0 Å². The van der Waals surface area contributed by atoms with Crippen LogP contribution >= 0.6 is 35.1 Å². The van der Waals surface area contributed by atoms with Gasteiger partial charge in [0.1, 0.15) is 5.01 Å². The number of hydrogen-bond acceptors (Lipinski definition) is 5. The zero-order valence-electron chi connectivity index (χ0n) is 14.1. The molecule has 0 aliphatic rings. The predicted octanol–water partition coefficient (Wildman–Crippen LogP) is 4.18. The number of aryl methyl sites for hydroxylation is 1. The lowest BCUT2D eigenvalue weighted by atomic mass is 10.1. The standard InChI is InChI=1S/C17H20N4OS2.ClH/c1-12-9-24-17(19-12)15(8-14-3-6-23-10-14)20-16(22)7-13(2)21-5-4-18-11-21;/h3-6,9-11,13,15H,7-8H2,1-2H3,(H,20,22);1H. The second-order valence-electron chi connectivity index (χ2n) is 5.85. The molecule has 3 rings (SSSR count). The summed E-state index contributed by atoms with van der Waals surface area (Å²) in [5.41, 5.74) is 2.21. The average molecular weight is 397 g/mol. The molecule has 3 aromatic heterocycles. The van der Waals surface area contributed by atoms with Crippen molar-refractivity contribution in [2.45, 2.75) is 38.8 Å². The van der Waals surface area contributed by atoms with Crippen molar-refractivity contribution in [2.75, 3.05) is 0 Å². The molecule has 0 fully saturated rings. The minimum absolute atomic E-state index is 0. The van der Waals surface area contributed by atoms with Gasteiger partial charge in [0, 0.05) is 42.4 Å². The minimum atomic E-state index is -0.0826. The quantitative estimate of drug-likeness (QED) is 0.651. The fraction of sp³-hybridized carbons (Fsp3) is 0.353. The molecule has 1 N–H and O–H groups in total. The molecular weight excluding hydrogens is 376 g/mol.